The van der Waals surface area contributed by atoms with Crippen molar-refractivity contribution in [3.05, 3.63) is 17.5 Å². The van der Waals surface area contributed by atoms with Crippen molar-refractivity contribution in [2.75, 3.05) is 13.1 Å². The Balaban J connectivity index is 2.08. The number of hydrogen-bond acceptors (Lipinski definition) is 4. The number of carbonyl (C=O) groups excluding carboxylic acids is 2. The van der Waals surface area contributed by atoms with Crippen LogP contribution >= 0.6 is 0 Å². The van der Waals surface area contributed by atoms with Gasteiger partial charge in [-0.2, -0.15) is 0 Å². The van der Waals surface area contributed by atoms with E-state index in [9.17, 15) is 9.59 Å². The third-order valence-corrected chi connectivity index (χ3v) is 3.15. The van der Waals surface area contributed by atoms with E-state index in [2.05, 4.69) is 5.16 Å². The molecule has 2 rings (SSSR count). The zero-order valence-corrected chi connectivity index (χ0v) is 10.1. The monoisotopic (exact) mass is 236 g/mol. The Bertz CT molecular complexity index is 439. The Kier molecular flexibility index (Phi) is 3.26. The average Bonchev–Trinajstić information content (AvgIpc) is 2.75. The first kappa shape index (κ1) is 11.8. The van der Waals surface area contributed by atoms with Crippen molar-refractivity contribution in [1.29, 1.82) is 0 Å². The topological polar surface area (TPSA) is 63.4 Å². The molecule has 0 aliphatic carbocycles. The summed E-state index contributed by atoms with van der Waals surface area (Å²) >= 11 is 0. The van der Waals surface area contributed by atoms with E-state index in [-0.39, 0.29) is 17.6 Å². The summed E-state index contributed by atoms with van der Waals surface area (Å²) in [7, 11) is 0. The van der Waals surface area contributed by atoms with E-state index < -0.39 is 0 Å². The standard InChI is InChI=1S/C12H16N2O3/c1-3-9-7-14(5-4-11(9)15)12(16)10-6-8(2)17-13-10/h6,9H,3-5,7H2,1-2H3. The number of ketones is 1. The van der Waals surface area contributed by atoms with Gasteiger partial charge in [-0.3, -0.25) is 9.59 Å². The number of carbonyl (C=O) groups is 2. The highest BCUT2D eigenvalue weighted by atomic mass is 16.5. The highest BCUT2D eigenvalue weighted by molar-refractivity contribution is 5.94. The predicted octanol–water partition coefficient (Wildman–Crippen LogP) is 1.42. The van der Waals surface area contributed by atoms with Gasteiger partial charge < -0.3 is 9.42 Å². The van der Waals surface area contributed by atoms with Gasteiger partial charge in [-0.1, -0.05) is 12.1 Å². The molecule has 1 unspecified atom stereocenters. The zero-order valence-electron chi connectivity index (χ0n) is 10.1. The Labute approximate surface area is 99.8 Å². The maximum absolute atomic E-state index is 12.1. The number of aromatic nitrogens is 1. The second-order valence-corrected chi connectivity index (χ2v) is 4.40. The summed E-state index contributed by atoms with van der Waals surface area (Å²) in [5, 5.41) is 3.71. The molecule has 1 saturated heterocycles. The quantitative estimate of drug-likeness (QED) is 0.779. The van der Waals surface area contributed by atoms with Crippen LogP contribution in [0.15, 0.2) is 10.6 Å². The Morgan fingerprint density at radius 3 is 3.00 bits per heavy atom. The summed E-state index contributed by atoms with van der Waals surface area (Å²) in [6.45, 7) is 4.70. The molecule has 5 nitrogen and oxygen atoms in total. The molecule has 1 atom stereocenters. The molecule has 0 saturated carbocycles. The molecule has 1 aliphatic rings. The number of rotatable bonds is 2. The molecule has 1 aliphatic heterocycles. The fourth-order valence-corrected chi connectivity index (χ4v) is 2.08. The molecule has 0 N–H and O–H groups in total. The fraction of sp³-hybridized carbons (Fsp3) is 0.583. The molecule has 0 spiro atoms. The summed E-state index contributed by atoms with van der Waals surface area (Å²) in [5.74, 6) is 0.704. The largest absolute Gasteiger partial charge is 0.361 e. The first-order valence-corrected chi connectivity index (χ1v) is 5.87. The third-order valence-electron chi connectivity index (χ3n) is 3.15. The number of piperidine rings is 1. The van der Waals surface area contributed by atoms with E-state index in [4.69, 9.17) is 4.52 Å². The molecule has 1 fully saturated rings. The van der Waals surface area contributed by atoms with Gasteiger partial charge in [-0.05, 0) is 13.3 Å². The predicted molar refractivity (Wildman–Crippen MR) is 60.5 cm³/mol. The number of likely N-dealkylation sites (tertiary alicyclic amines) is 1. The van der Waals surface area contributed by atoms with Crippen LogP contribution in [0.4, 0.5) is 0 Å². The minimum atomic E-state index is -0.146. The zero-order chi connectivity index (χ0) is 12.4. The molecule has 1 aromatic heterocycles. The van der Waals surface area contributed by atoms with Crippen LogP contribution in [0.1, 0.15) is 36.0 Å². The van der Waals surface area contributed by atoms with E-state index >= 15 is 0 Å². The molecular formula is C12H16N2O3. The maximum atomic E-state index is 12.1. The fourth-order valence-electron chi connectivity index (χ4n) is 2.08. The SMILES string of the molecule is CCC1CN(C(=O)c2cc(C)on2)CCC1=O. The lowest BCUT2D eigenvalue weighted by molar-refractivity contribution is -0.125. The van der Waals surface area contributed by atoms with Crippen LogP contribution in [-0.4, -0.2) is 34.8 Å². The van der Waals surface area contributed by atoms with Gasteiger partial charge in [0.1, 0.15) is 11.5 Å². The van der Waals surface area contributed by atoms with Crippen molar-refractivity contribution in [1.82, 2.24) is 10.1 Å². The molecule has 5 heteroatoms. The number of Topliss-reactive ketones (excluding diaryl/α,β-unsaturated/α-hetero) is 1. The van der Waals surface area contributed by atoms with E-state index in [1.54, 1.807) is 17.9 Å². The van der Waals surface area contributed by atoms with Gasteiger partial charge in [0.05, 0.1) is 0 Å². The Morgan fingerprint density at radius 1 is 1.65 bits per heavy atom. The molecular weight excluding hydrogens is 220 g/mol. The van der Waals surface area contributed by atoms with Gasteiger partial charge in [-0.25, -0.2) is 0 Å². The highest BCUT2D eigenvalue weighted by Crippen LogP contribution is 2.18. The summed E-state index contributed by atoms with van der Waals surface area (Å²) in [6, 6.07) is 1.62. The summed E-state index contributed by atoms with van der Waals surface area (Å²) in [5.41, 5.74) is 0.326. The number of nitrogens with zero attached hydrogens (tertiary/aromatic N) is 2. The van der Waals surface area contributed by atoms with E-state index in [0.717, 1.165) is 6.42 Å². The second-order valence-electron chi connectivity index (χ2n) is 4.40. The second kappa shape index (κ2) is 4.69. The average molecular weight is 236 g/mol. The molecule has 92 valence electrons. The van der Waals surface area contributed by atoms with Crippen LogP contribution in [0, 0.1) is 12.8 Å². The third kappa shape index (κ3) is 2.38. The molecule has 0 bridgehead atoms. The first-order chi connectivity index (χ1) is 8.11. The smallest absolute Gasteiger partial charge is 0.276 e. The van der Waals surface area contributed by atoms with Gasteiger partial charge in [-0.15, -0.1) is 0 Å². The van der Waals surface area contributed by atoms with Crippen LogP contribution in [0.5, 0.6) is 0 Å². The first-order valence-electron chi connectivity index (χ1n) is 5.87. The number of aryl methyl sites for hydroxylation is 1. The molecule has 1 amide bonds. The Morgan fingerprint density at radius 2 is 2.41 bits per heavy atom. The maximum Gasteiger partial charge on any atom is 0.276 e. The van der Waals surface area contributed by atoms with Crippen molar-refractivity contribution >= 4 is 11.7 Å². The van der Waals surface area contributed by atoms with Crippen molar-refractivity contribution in [3.8, 4) is 0 Å². The highest BCUT2D eigenvalue weighted by Gasteiger charge is 2.30. The molecule has 2 heterocycles. The lowest BCUT2D eigenvalue weighted by Crippen LogP contribution is -2.44. The van der Waals surface area contributed by atoms with Crippen molar-refractivity contribution < 1.29 is 14.1 Å². The molecule has 1 aromatic rings. The van der Waals surface area contributed by atoms with Gasteiger partial charge in [0.2, 0.25) is 0 Å². The van der Waals surface area contributed by atoms with Gasteiger partial charge in [0, 0.05) is 31.5 Å². The molecule has 0 radical (unpaired) electrons. The number of amides is 1. The minimum Gasteiger partial charge on any atom is -0.361 e. The molecule has 0 aromatic carbocycles. The van der Waals surface area contributed by atoms with Gasteiger partial charge in [0.15, 0.2) is 5.69 Å². The van der Waals surface area contributed by atoms with Crippen LogP contribution in [-0.2, 0) is 4.79 Å². The van der Waals surface area contributed by atoms with Crippen molar-refractivity contribution in [3.63, 3.8) is 0 Å². The summed E-state index contributed by atoms with van der Waals surface area (Å²) in [6.07, 6.45) is 1.22. The van der Waals surface area contributed by atoms with Crippen molar-refractivity contribution in [2.24, 2.45) is 5.92 Å². The van der Waals surface area contributed by atoms with E-state index in [1.807, 2.05) is 6.92 Å². The lowest BCUT2D eigenvalue weighted by Gasteiger charge is -2.30. The van der Waals surface area contributed by atoms with Gasteiger partial charge >= 0.3 is 0 Å². The van der Waals surface area contributed by atoms with E-state index in [0.29, 0.717) is 31.0 Å². The normalized spacial score (nSPS) is 20.7. The molecule has 17 heavy (non-hydrogen) atoms. The minimum absolute atomic E-state index is 0.0271. The van der Waals surface area contributed by atoms with Gasteiger partial charge in [0.25, 0.3) is 5.91 Å². The van der Waals surface area contributed by atoms with Crippen molar-refractivity contribution in [2.45, 2.75) is 26.7 Å². The summed E-state index contributed by atoms with van der Waals surface area (Å²) < 4.78 is 4.89. The van der Waals surface area contributed by atoms with Crippen LogP contribution < -0.4 is 0 Å². The van der Waals surface area contributed by atoms with E-state index in [1.165, 1.54) is 0 Å². The lowest BCUT2D eigenvalue weighted by atomic mass is 9.94. The number of hydrogen-bond donors (Lipinski definition) is 0. The Hall–Kier alpha value is -1.65. The van der Waals surface area contributed by atoms with Crippen LogP contribution in [0.25, 0.3) is 0 Å². The van der Waals surface area contributed by atoms with Crippen LogP contribution in [0.3, 0.4) is 0 Å². The van der Waals surface area contributed by atoms with Crippen LogP contribution in [0.2, 0.25) is 0 Å². The summed E-state index contributed by atoms with van der Waals surface area (Å²) in [4.78, 5) is 25.3.